The number of hydrogen-bond acceptors (Lipinski definition) is 3. The lowest BCUT2D eigenvalue weighted by Gasteiger charge is -2.32. The topological polar surface area (TPSA) is 52.7 Å². The first-order valence-corrected chi connectivity index (χ1v) is 10.1. The summed E-state index contributed by atoms with van der Waals surface area (Å²) in [6.07, 6.45) is 4.37. The van der Waals surface area contributed by atoms with Gasteiger partial charge in [0.1, 0.15) is 0 Å². The zero-order chi connectivity index (χ0) is 18.5. The van der Waals surface area contributed by atoms with Gasteiger partial charge in [0.15, 0.2) is 0 Å². The summed E-state index contributed by atoms with van der Waals surface area (Å²) in [5.41, 5.74) is 1.27. The van der Waals surface area contributed by atoms with Crippen LogP contribution in [0.5, 0.6) is 0 Å². The molecule has 0 radical (unpaired) electrons. The minimum atomic E-state index is -0.245. The Morgan fingerprint density at radius 3 is 2.58 bits per heavy atom. The number of hydrogen-bond donors (Lipinski definition) is 1. The number of nitrogens with one attached hydrogen (secondary N) is 1. The van der Waals surface area contributed by atoms with E-state index in [0.29, 0.717) is 35.5 Å². The van der Waals surface area contributed by atoms with Gasteiger partial charge in [0.2, 0.25) is 5.91 Å². The minimum Gasteiger partial charge on any atom is -0.338 e. The second-order valence-electron chi connectivity index (χ2n) is 7.02. The molecule has 1 aromatic carbocycles. The number of piperidine rings is 1. The van der Waals surface area contributed by atoms with Crippen LogP contribution >= 0.6 is 23.2 Å². The van der Waals surface area contributed by atoms with Crippen molar-refractivity contribution < 1.29 is 9.59 Å². The van der Waals surface area contributed by atoms with E-state index >= 15 is 0 Å². The highest BCUT2D eigenvalue weighted by Gasteiger charge is 2.26. The average Bonchev–Trinajstić information content (AvgIpc) is 3.07. The molecule has 0 bridgehead atoms. The van der Waals surface area contributed by atoms with Crippen LogP contribution in [0.25, 0.3) is 0 Å². The third-order valence-corrected chi connectivity index (χ3v) is 5.99. The largest absolute Gasteiger partial charge is 0.338 e. The molecule has 5 nitrogen and oxygen atoms in total. The van der Waals surface area contributed by atoms with Gasteiger partial charge in [0.25, 0.3) is 0 Å². The Labute approximate surface area is 164 Å². The zero-order valence-corrected chi connectivity index (χ0v) is 16.4. The Balaban J connectivity index is 1.34. The Morgan fingerprint density at radius 2 is 1.92 bits per heavy atom. The lowest BCUT2D eigenvalue weighted by Crippen LogP contribution is -2.42. The summed E-state index contributed by atoms with van der Waals surface area (Å²) in [6, 6.07) is 5.69. The van der Waals surface area contributed by atoms with Gasteiger partial charge in [-0.25, -0.2) is 4.79 Å². The molecule has 0 spiro atoms. The Kier molecular flexibility index (Phi) is 6.79. The van der Waals surface area contributed by atoms with Crippen LogP contribution in [0.2, 0.25) is 10.0 Å². The number of likely N-dealkylation sites (tertiary alicyclic amines) is 2. The Morgan fingerprint density at radius 1 is 1.15 bits per heavy atom. The molecule has 2 saturated heterocycles. The van der Waals surface area contributed by atoms with E-state index in [2.05, 4.69) is 16.3 Å². The van der Waals surface area contributed by atoms with E-state index in [1.165, 1.54) is 10.5 Å². The van der Waals surface area contributed by atoms with Crippen molar-refractivity contribution in [1.29, 1.82) is 0 Å². The van der Waals surface area contributed by atoms with Gasteiger partial charge in [-0.05, 0) is 68.9 Å². The molecule has 1 aromatic rings. The first kappa shape index (κ1) is 19.5. The molecule has 142 valence electrons. The summed E-state index contributed by atoms with van der Waals surface area (Å²) in [5, 5.41) is 4.08. The maximum absolute atomic E-state index is 11.9. The molecule has 2 aliphatic rings. The molecule has 0 unspecified atom stereocenters. The number of halogens is 2. The van der Waals surface area contributed by atoms with Crippen LogP contribution in [0.15, 0.2) is 18.2 Å². The van der Waals surface area contributed by atoms with Crippen molar-refractivity contribution in [2.24, 2.45) is 0 Å². The molecule has 26 heavy (non-hydrogen) atoms. The molecule has 3 amide bonds. The minimum absolute atomic E-state index is 0.0631. The molecular weight excluding hydrogens is 373 g/mol. The van der Waals surface area contributed by atoms with Crippen molar-refractivity contribution in [2.45, 2.75) is 38.0 Å². The monoisotopic (exact) mass is 397 g/mol. The predicted octanol–water partition coefficient (Wildman–Crippen LogP) is 3.89. The fourth-order valence-corrected chi connectivity index (χ4v) is 4.02. The highest BCUT2D eigenvalue weighted by atomic mass is 35.5. The summed E-state index contributed by atoms with van der Waals surface area (Å²) in [7, 11) is 0. The Hall–Kier alpha value is -1.30. The normalized spacial score (nSPS) is 19.2. The van der Waals surface area contributed by atoms with Gasteiger partial charge in [-0.15, -0.1) is 0 Å². The molecule has 0 saturated carbocycles. The number of urea groups is 1. The summed E-state index contributed by atoms with van der Waals surface area (Å²) >= 11 is 12.1. The molecule has 0 atom stereocenters. The zero-order valence-electron chi connectivity index (χ0n) is 14.8. The number of rotatable bonds is 5. The number of carbonyl (C=O) groups excluding carboxylic acids is 2. The summed E-state index contributed by atoms with van der Waals surface area (Å²) in [4.78, 5) is 27.2. The van der Waals surface area contributed by atoms with Crippen LogP contribution in [-0.2, 0) is 4.79 Å². The lowest BCUT2D eigenvalue weighted by atomic mass is 9.89. The second kappa shape index (κ2) is 9.07. The van der Waals surface area contributed by atoms with Crippen molar-refractivity contribution in [1.82, 2.24) is 15.1 Å². The predicted molar refractivity (Wildman–Crippen MR) is 104 cm³/mol. The van der Waals surface area contributed by atoms with E-state index in [9.17, 15) is 9.59 Å². The summed E-state index contributed by atoms with van der Waals surface area (Å²) < 4.78 is 0. The first-order valence-electron chi connectivity index (χ1n) is 9.30. The molecule has 1 N–H and O–H groups in total. The van der Waals surface area contributed by atoms with Crippen molar-refractivity contribution in [2.75, 3.05) is 32.7 Å². The molecule has 3 rings (SSSR count). The smallest absolute Gasteiger partial charge is 0.324 e. The van der Waals surface area contributed by atoms with Gasteiger partial charge < -0.3 is 10.2 Å². The fourth-order valence-electron chi connectivity index (χ4n) is 3.71. The highest BCUT2D eigenvalue weighted by molar-refractivity contribution is 6.42. The van der Waals surface area contributed by atoms with E-state index in [-0.39, 0.29) is 11.9 Å². The summed E-state index contributed by atoms with van der Waals surface area (Å²) in [5.74, 6) is 0.466. The van der Waals surface area contributed by atoms with E-state index in [1.807, 2.05) is 12.1 Å². The van der Waals surface area contributed by atoms with E-state index in [4.69, 9.17) is 23.2 Å². The highest BCUT2D eigenvalue weighted by Crippen LogP contribution is 2.32. The van der Waals surface area contributed by atoms with Crippen molar-refractivity contribution in [3.8, 4) is 0 Å². The molecule has 2 aliphatic heterocycles. The van der Waals surface area contributed by atoms with Gasteiger partial charge >= 0.3 is 6.03 Å². The Bertz CT molecular complexity index is 660. The summed E-state index contributed by atoms with van der Waals surface area (Å²) in [6.45, 7) is 4.21. The van der Waals surface area contributed by atoms with Gasteiger partial charge in [-0.1, -0.05) is 29.3 Å². The van der Waals surface area contributed by atoms with E-state index in [1.54, 1.807) is 0 Å². The first-order chi connectivity index (χ1) is 12.5. The number of nitrogens with zero attached hydrogens (tertiary/aromatic N) is 2. The van der Waals surface area contributed by atoms with Gasteiger partial charge in [0.05, 0.1) is 10.0 Å². The van der Waals surface area contributed by atoms with Gasteiger partial charge in [-0.2, -0.15) is 0 Å². The number of imide groups is 1. The maximum atomic E-state index is 11.9. The molecule has 7 heteroatoms. The fraction of sp³-hybridized carbons (Fsp3) is 0.579. The maximum Gasteiger partial charge on any atom is 0.324 e. The standard InChI is InChI=1S/C19H25Cl2N3O2/c20-16-5-4-15(13-17(16)21)14-6-11-23(12-7-14)9-2-8-22-19(26)24-10-1-3-18(24)25/h4-5,13-14H,1-3,6-12H2,(H,22,26). The lowest BCUT2D eigenvalue weighted by molar-refractivity contribution is -0.125. The SMILES string of the molecule is O=C1CCCN1C(=O)NCCCN1CCC(c2ccc(Cl)c(Cl)c2)CC1. The molecular formula is C19H25Cl2N3O2. The van der Waals surface area contributed by atoms with E-state index in [0.717, 1.165) is 45.3 Å². The average molecular weight is 398 g/mol. The van der Waals surface area contributed by atoms with Crippen LogP contribution < -0.4 is 5.32 Å². The van der Waals surface area contributed by atoms with Crippen molar-refractivity contribution >= 4 is 35.1 Å². The number of carbonyl (C=O) groups is 2. The number of benzene rings is 1. The van der Waals surface area contributed by atoms with E-state index < -0.39 is 0 Å². The molecule has 2 fully saturated rings. The molecule has 0 aromatic heterocycles. The van der Waals surface area contributed by atoms with Gasteiger partial charge in [-0.3, -0.25) is 9.69 Å². The van der Waals surface area contributed by atoms with Crippen LogP contribution in [0, 0.1) is 0 Å². The molecule has 0 aliphatic carbocycles. The van der Waals surface area contributed by atoms with Crippen LogP contribution in [-0.4, -0.2) is 54.5 Å². The van der Waals surface area contributed by atoms with Crippen LogP contribution in [0.1, 0.15) is 43.6 Å². The third-order valence-electron chi connectivity index (χ3n) is 5.25. The van der Waals surface area contributed by atoms with Crippen LogP contribution in [0.4, 0.5) is 4.79 Å². The molecule has 2 heterocycles. The number of amides is 3. The third kappa shape index (κ3) is 4.90. The van der Waals surface area contributed by atoms with Crippen LogP contribution in [0.3, 0.4) is 0 Å². The van der Waals surface area contributed by atoms with Crippen molar-refractivity contribution in [3.05, 3.63) is 33.8 Å². The van der Waals surface area contributed by atoms with Crippen molar-refractivity contribution in [3.63, 3.8) is 0 Å². The second-order valence-corrected chi connectivity index (χ2v) is 7.84. The quantitative estimate of drug-likeness (QED) is 0.766. The van der Waals surface area contributed by atoms with Gasteiger partial charge in [0, 0.05) is 19.5 Å².